The number of rotatable bonds is 2. The number of hydrogen-bond donors (Lipinski definition) is 0. The molecular weight excluding hydrogens is 235 g/mol. The van der Waals surface area contributed by atoms with E-state index in [9.17, 15) is 22.8 Å². The Labute approximate surface area is 94.5 Å². The Bertz CT molecular complexity index is 527. The molecule has 0 aliphatic rings. The highest BCUT2D eigenvalue weighted by Crippen LogP contribution is 2.34. The first-order valence-corrected chi connectivity index (χ1v) is 4.42. The molecule has 17 heavy (non-hydrogen) atoms. The van der Waals surface area contributed by atoms with E-state index in [1.165, 1.54) is 6.07 Å². The van der Waals surface area contributed by atoms with Crippen LogP contribution in [0.3, 0.4) is 0 Å². The second-order valence-electron chi connectivity index (χ2n) is 3.27. The lowest BCUT2D eigenvalue weighted by atomic mass is 9.95. The number of aldehydes is 1. The predicted octanol–water partition coefficient (Wildman–Crippen LogP) is 2.59. The van der Waals surface area contributed by atoms with Gasteiger partial charge in [-0.2, -0.15) is 18.4 Å². The third kappa shape index (κ3) is 2.50. The molecule has 88 valence electrons. The van der Waals surface area contributed by atoms with Crippen molar-refractivity contribution in [3.8, 4) is 6.07 Å². The summed E-state index contributed by atoms with van der Waals surface area (Å²) in [6.07, 6.45) is -4.65. The van der Waals surface area contributed by atoms with E-state index in [0.29, 0.717) is 6.07 Å². The molecule has 0 atom stereocenters. The van der Waals surface area contributed by atoms with Gasteiger partial charge in [0, 0.05) is 11.1 Å². The molecular formula is C11H6F3NO2. The molecule has 0 unspecified atom stereocenters. The zero-order chi connectivity index (χ0) is 13.2. The average molecular weight is 241 g/mol. The molecule has 0 heterocycles. The fourth-order valence-corrected chi connectivity index (χ4v) is 1.44. The number of hydrogen-bond acceptors (Lipinski definition) is 3. The number of halogens is 3. The average Bonchev–Trinajstić information content (AvgIpc) is 2.25. The lowest BCUT2D eigenvalue weighted by Gasteiger charge is -2.13. The molecule has 0 N–H and O–H groups in total. The lowest BCUT2D eigenvalue weighted by molar-refractivity contribution is -0.137. The van der Waals surface area contributed by atoms with E-state index in [-0.39, 0.29) is 11.8 Å². The number of carbonyl (C=O) groups is 2. The maximum Gasteiger partial charge on any atom is 0.417 e. The summed E-state index contributed by atoms with van der Waals surface area (Å²) in [7, 11) is 0. The van der Waals surface area contributed by atoms with E-state index in [0.717, 1.165) is 13.0 Å². The highest BCUT2D eigenvalue weighted by Gasteiger charge is 2.36. The summed E-state index contributed by atoms with van der Waals surface area (Å²) in [5, 5.41) is 8.56. The molecule has 0 fully saturated rings. The van der Waals surface area contributed by atoms with Crippen molar-refractivity contribution in [1.29, 1.82) is 5.26 Å². The van der Waals surface area contributed by atoms with E-state index in [1.807, 2.05) is 0 Å². The molecule has 0 saturated heterocycles. The molecule has 0 radical (unpaired) electrons. The molecule has 0 saturated carbocycles. The minimum Gasteiger partial charge on any atom is -0.298 e. The van der Waals surface area contributed by atoms with Gasteiger partial charge in [-0.3, -0.25) is 9.59 Å². The first-order valence-electron chi connectivity index (χ1n) is 4.42. The van der Waals surface area contributed by atoms with Crippen LogP contribution in [0.4, 0.5) is 13.2 Å². The Morgan fingerprint density at radius 1 is 1.41 bits per heavy atom. The van der Waals surface area contributed by atoms with E-state index >= 15 is 0 Å². The first-order chi connectivity index (χ1) is 7.81. The summed E-state index contributed by atoms with van der Waals surface area (Å²) in [6, 6.07) is 3.03. The summed E-state index contributed by atoms with van der Waals surface area (Å²) in [5.41, 5.74) is -2.70. The monoisotopic (exact) mass is 241 g/mol. The summed E-state index contributed by atoms with van der Waals surface area (Å²) in [5.74, 6) is -0.871. The number of carbonyl (C=O) groups excluding carboxylic acids is 2. The number of nitrogens with zero attached hydrogens (tertiary/aromatic N) is 1. The van der Waals surface area contributed by atoms with Crippen LogP contribution in [-0.2, 0) is 6.18 Å². The third-order valence-electron chi connectivity index (χ3n) is 2.08. The second-order valence-corrected chi connectivity index (χ2v) is 3.27. The quantitative estimate of drug-likeness (QED) is 0.590. The Balaban J connectivity index is 3.72. The van der Waals surface area contributed by atoms with E-state index < -0.39 is 28.6 Å². The van der Waals surface area contributed by atoms with Crippen molar-refractivity contribution >= 4 is 12.1 Å². The fourth-order valence-electron chi connectivity index (χ4n) is 1.44. The van der Waals surface area contributed by atoms with Crippen LogP contribution < -0.4 is 0 Å². The van der Waals surface area contributed by atoms with Crippen LogP contribution in [-0.4, -0.2) is 12.1 Å². The topological polar surface area (TPSA) is 57.9 Å². The van der Waals surface area contributed by atoms with Gasteiger partial charge in [-0.05, 0) is 19.1 Å². The van der Waals surface area contributed by atoms with Gasteiger partial charge in [-0.25, -0.2) is 0 Å². The normalized spacial score (nSPS) is 10.8. The SMILES string of the molecule is CC(=O)c1c(C=O)cc(C#N)cc1C(F)(F)F. The number of benzene rings is 1. The molecule has 6 heteroatoms. The van der Waals surface area contributed by atoms with Crippen molar-refractivity contribution in [2.75, 3.05) is 0 Å². The van der Waals surface area contributed by atoms with Crippen LogP contribution in [0.1, 0.15) is 38.8 Å². The van der Waals surface area contributed by atoms with E-state index in [4.69, 9.17) is 5.26 Å². The minimum atomic E-state index is -4.79. The van der Waals surface area contributed by atoms with E-state index in [2.05, 4.69) is 0 Å². The highest BCUT2D eigenvalue weighted by molar-refractivity contribution is 6.03. The number of alkyl halides is 3. The van der Waals surface area contributed by atoms with Gasteiger partial charge in [-0.15, -0.1) is 0 Å². The van der Waals surface area contributed by atoms with Crippen LogP contribution in [0.25, 0.3) is 0 Å². The van der Waals surface area contributed by atoms with Crippen molar-refractivity contribution in [3.05, 3.63) is 34.4 Å². The minimum absolute atomic E-state index is 0.132. The van der Waals surface area contributed by atoms with Crippen LogP contribution in [0.5, 0.6) is 0 Å². The molecule has 0 aliphatic heterocycles. The van der Waals surface area contributed by atoms with E-state index in [1.54, 1.807) is 0 Å². The molecule has 1 aromatic carbocycles. The smallest absolute Gasteiger partial charge is 0.298 e. The van der Waals surface area contributed by atoms with Gasteiger partial charge in [0.1, 0.15) is 0 Å². The van der Waals surface area contributed by atoms with Crippen molar-refractivity contribution < 1.29 is 22.8 Å². The van der Waals surface area contributed by atoms with Gasteiger partial charge in [0.25, 0.3) is 0 Å². The molecule has 3 nitrogen and oxygen atoms in total. The van der Waals surface area contributed by atoms with Gasteiger partial charge < -0.3 is 0 Å². The number of nitriles is 1. The maximum absolute atomic E-state index is 12.7. The summed E-state index contributed by atoms with van der Waals surface area (Å²) < 4.78 is 38.0. The summed E-state index contributed by atoms with van der Waals surface area (Å²) in [6.45, 7) is 0.934. The molecule has 0 aliphatic carbocycles. The molecule has 1 rings (SSSR count). The van der Waals surface area contributed by atoms with Crippen LogP contribution >= 0.6 is 0 Å². The van der Waals surface area contributed by atoms with Gasteiger partial charge in [0.05, 0.1) is 17.2 Å². The Hall–Kier alpha value is -2.16. The van der Waals surface area contributed by atoms with Crippen molar-refractivity contribution in [2.24, 2.45) is 0 Å². The molecule has 0 spiro atoms. The second kappa shape index (κ2) is 4.37. The van der Waals surface area contributed by atoms with Crippen LogP contribution in [0.15, 0.2) is 12.1 Å². The lowest BCUT2D eigenvalue weighted by Crippen LogP contribution is -2.14. The fraction of sp³-hybridized carbons (Fsp3) is 0.182. The molecule has 0 bridgehead atoms. The standard InChI is InChI=1S/C11H6F3NO2/c1-6(17)10-8(5-16)2-7(4-15)3-9(10)11(12,13)14/h2-3,5H,1H3. The summed E-state index contributed by atoms with van der Waals surface area (Å²) >= 11 is 0. The van der Waals surface area contributed by atoms with Crippen LogP contribution in [0.2, 0.25) is 0 Å². The zero-order valence-electron chi connectivity index (χ0n) is 8.63. The summed E-state index contributed by atoms with van der Waals surface area (Å²) in [4.78, 5) is 21.8. The third-order valence-corrected chi connectivity index (χ3v) is 2.08. The maximum atomic E-state index is 12.7. The van der Waals surface area contributed by atoms with Gasteiger partial charge in [0.15, 0.2) is 12.1 Å². The van der Waals surface area contributed by atoms with Crippen molar-refractivity contribution in [2.45, 2.75) is 13.1 Å². The number of ketones is 1. The highest BCUT2D eigenvalue weighted by atomic mass is 19.4. The molecule has 0 amide bonds. The van der Waals surface area contributed by atoms with Crippen molar-refractivity contribution in [3.63, 3.8) is 0 Å². The first kappa shape index (κ1) is 12.9. The van der Waals surface area contributed by atoms with Crippen molar-refractivity contribution in [1.82, 2.24) is 0 Å². The largest absolute Gasteiger partial charge is 0.417 e. The molecule has 1 aromatic rings. The van der Waals surface area contributed by atoms with Gasteiger partial charge >= 0.3 is 6.18 Å². The predicted molar refractivity (Wildman–Crippen MR) is 51.6 cm³/mol. The number of Topliss-reactive ketones (excluding diaryl/α,β-unsaturated/α-hetero) is 1. The Kier molecular flexibility index (Phi) is 3.32. The zero-order valence-corrected chi connectivity index (χ0v) is 8.63. The van der Waals surface area contributed by atoms with Gasteiger partial charge in [-0.1, -0.05) is 0 Å². The Morgan fingerprint density at radius 2 is 2.00 bits per heavy atom. The van der Waals surface area contributed by atoms with Gasteiger partial charge in [0.2, 0.25) is 0 Å². The Morgan fingerprint density at radius 3 is 2.35 bits per heavy atom. The molecule has 0 aromatic heterocycles. The van der Waals surface area contributed by atoms with Crippen LogP contribution in [0, 0.1) is 11.3 Å².